The van der Waals surface area contributed by atoms with Gasteiger partial charge in [-0.05, 0) is 70.6 Å². The standard InChI is InChI=1S/C23H27Cl/c1-16(14-17-6-9-19(24)10-7-17)18-8-11-20-21(15-18)23(4,5)13-12-22(20,2)3/h6-11,14-15H,12-13H2,1-5H3. The molecule has 0 radical (unpaired) electrons. The number of hydrogen-bond acceptors (Lipinski definition) is 0. The first-order chi connectivity index (χ1) is 11.2. The summed E-state index contributed by atoms with van der Waals surface area (Å²) in [6.07, 6.45) is 4.74. The van der Waals surface area contributed by atoms with Gasteiger partial charge in [0.1, 0.15) is 0 Å². The average molecular weight is 339 g/mol. The van der Waals surface area contributed by atoms with E-state index in [1.165, 1.54) is 40.7 Å². The van der Waals surface area contributed by atoms with Crippen LogP contribution in [0.25, 0.3) is 11.6 Å². The minimum atomic E-state index is 0.251. The van der Waals surface area contributed by atoms with Crippen LogP contribution in [0, 0.1) is 0 Å². The third-order valence-electron chi connectivity index (χ3n) is 5.56. The van der Waals surface area contributed by atoms with Crippen LogP contribution in [-0.2, 0) is 10.8 Å². The number of allylic oxidation sites excluding steroid dienone is 1. The van der Waals surface area contributed by atoms with Crippen LogP contribution in [0.15, 0.2) is 42.5 Å². The van der Waals surface area contributed by atoms with E-state index >= 15 is 0 Å². The second-order valence-electron chi connectivity index (χ2n) is 8.41. The van der Waals surface area contributed by atoms with Crippen molar-refractivity contribution >= 4 is 23.3 Å². The highest BCUT2D eigenvalue weighted by molar-refractivity contribution is 6.30. The Labute approximate surface area is 151 Å². The molecule has 0 aliphatic heterocycles. The average Bonchev–Trinajstić information content (AvgIpc) is 2.54. The SMILES string of the molecule is CC(=Cc1ccc(Cl)cc1)c1ccc2c(c1)C(C)(C)CCC2(C)C. The first kappa shape index (κ1) is 17.3. The van der Waals surface area contributed by atoms with Crippen molar-refractivity contribution in [3.8, 4) is 0 Å². The first-order valence-electron chi connectivity index (χ1n) is 8.78. The molecule has 0 amide bonds. The Morgan fingerprint density at radius 3 is 2.08 bits per heavy atom. The zero-order valence-corrected chi connectivity index (χ0v) is 16.2. The molecule has 1 aliphatic carbocycles. The molecule has 0 heterocycles. The van der Waals surface area contributed by atoms with Crippen LogP contribution < -0.4 is 0 Å². The Kier molecular flexibility index (Phi) is 4.38. The monoisotopic (exact) mass is 338 g/mol. The molecule has 0 spiro atoms. The normalized spacial score (nSPS) is 19.0. The Hall–Kier alpha value is -1.53. The summed E-state index contributed by atoms with van der Waals surface area (Å²) in [4.78, 5) is 0. The molecule has 24 heavy (non-hydrogen) atoms. The number of benzene rings is 2. The molecule has 0 saturated carbocycles. The predicted octanol–water partition coefficient (Wildman–Crippen LogP) is 7.25. The van der Waals surface area contributed by atoms with Gasteiger partial charge in [-0.25, -0.2) is 0 Å². The molecule has 0 bridgehead atoms. The predicted molar refractivity (Wildman–Crippen MR) is 107 cm³/mol. The van der Waals surface area contributed by atoms with Gasteiger partial charge in [-0.3, -0.25) is 0 Å². The third kappa shape index (κ3) is 3.30. The fourth-order valence-corrected chi connectivity index (χ4v) is 3.85. The molecule has 126 valence electrons. The van der Waals surface area contributed by atoms with Crippen LogP contribution in [0.4, 0.5) is 0 Å². The molecule has 0 unspecified atom stereocenters. The lowest BCUT2D eigenvalue weighted by Crippen LogP contribution is -2.33. The number of hydrogen-bond donors (Lipinski definition) is 0. The van der Waals surface area contributed by atoms with Crippen LogP contribution >= 0.6 is 11.6 Å². The Morgan fingerprint density at radius 1 is 0.875 bits per heavy atom. The molecule has 0 atom stereocenters. The van der Waals surface area contributed by atoms with E-state index < -0.39 is 0 Å². The lowest BCUT2D eigenvalue weighted by atomic mass is 9.63. The molecule has 2 aromatic carbocycles. The minimum Gasteiger partial charge on any atom is -0.0843 e. The number of halogens is 1. The van der Waals surface area contributed by atoms with Crippen LogP contribution in [-0.4, -0.2) is 0 Å². The summed E-state index contributed by atoms with van der Waals surface area (Å²) in [7, 11) is 0. The third-order valence-corrected chi connectivity index (χ3v) is 5.81. The Balaban J connectivity index is 2.03. The molecule has 0 fully saturated rings. The zero-order valence-electron chi connectivity index (χ0n) is 15.4. The highest BCUT2D eigenvalue weighted by atomic mass is 35.5. The summed E-state index contributed by atoms with van der Waals surface area (Å²) in [6, 6.07) is 15.1. The lowest BCUT2D eigenvalue weighted by molar-refractivity contribution is 0.332. The summed E-state index contributed by atoms with van der Waals surface area (Å²) in [6.45, 7) is 11.7. The fraction of sp³-hybridized carbons (Fsp3) is 0.391. The summed E-state index contributed by atoms with van der Waals surface area (Å²) in [5.74, 6) is 0. The van der Waals surface area contributed by atoms with Crippen molar-refractivity contribution in [3.05, 3.63) is 69.7 Å². The van der Waals surface area contributed by atoms with Gasteiger partial charge in [-0.1, -0.05) is 75.7 Å². The number of rotatable bonds is 2. The van der Waals surface area contributed by atoms with Crippen molar-refractivity contribution in [2.45, 2.75) is 58.3 Å². The van der Waals surface area contributed by atoms with Gasteiger partial charge in [-0.2, -0.15) is 0 Å². The zero-order chi connectivity index (χ0) is 17.5. The topological polar surface area (TPSA) is 0 Å². The van der Waals surface area contributed by atoms with Crippen LogP contribution in [0.1, 0.15) is 69.7 Å². The van der Waals surface area contributed by atoms with Crippen LogP contribution in [0.5, 0.6) is 0 Å². The van der Waals surface area contributed by atoms with Gasteiger partial charge in [0.2, 0.25) is 0 Å². The van der Waals surface area contributed by atoms with Gasteiger partial charge in [0, 0.05) is 5.02 Å². The summed E-state index contributed by atoms with van der Waals surface area (Å²) in [5, 5.41) is 0.780. The lowest BCUT2D eigenvalue weighted by Gasteiger charge is -2.42. The van der Waals surface area contributed by atoms with E-state index in [0.29, 0.717) is 0 Å². The minimum absolute atomic E-state index is 0.251. The van der Waals surface area contributed by atoms with E-state index in [1.807, 2.05) is 12.1 Å². The maximum Gasteiger partial charge on any atom is 0.0406 e. The summed E-state index contributed by atoms with van der Waals surface area (Å²) < 4.78 is 0. The van der Waals surface area contributed by atoms with E-state index in [4.69, 9.17) is 11.6 Å². The highest BCUT2D eigenvalue weighted by Gasteiger charge is 2.36. The molecule has 0 N–H and O–H groups in total. The molecular formula is C23H27Cl. The second-order valence-corrected chi connectivity index (χ2v) is 8.84. The summed E-state index contributed by atoms with van der Waals surface area (Å²) in [5.41, 5.74) is 7.35. The van der Waals surface area contributed by atoms with Crippen molar-refractivity contribution in [2.24, 2.45) is 0 Å². The van der Waals surface area contributed by atoms with Gasteiger partial charge < -0.3 is 0 Å². The van der Waals surface area contributed by atoms with E-state index in [0.717, 1.165) is 5.02 Å². The van der Waals surface area contributed by atoms with Crippen molar-refractivity contribution in [2.75, 3.05) is 0 Å². The summed E-state index contributed by atoms with van der Waals surface area (Å²) >= 11 is 5.98. The van der Waals surface area contributed by atoms with E-state index in [2.05, 4.69) is 71.0 Å². The Bertz CT molecular complexity index is 776. The molecule has 0 saturated heterocycles. The smallest absolute Gasteiger partial charge is 0.0406 e. The van der Waals surface area contributed by atoms with Crippen molar-refractivity contribution in [1.29, 1.82) is 0 Å². The van der Waals surface area contributed by atoms with Crippen LogP contribution in [0.3, 0.4) is 0 Å². The van der Waals surface area contributed by atoms with Gasteiger partial charge in [-0.15, -0.1) is 0 Å². The van der Waals surface area contributed by atoms with Gasteiger partial charge in [0.25, 0.3) is 0 Å². The molecule has 0 nitrogen and oxygen atoms in total. The molecule has 1 aliphatic rings. The largest absolute Gasteiger partial charge is 0.0843 e. The van der Waals surface area contributed by atoms with E-state index in [9.17, 15) is 0 Å². The number of fused-ring (bicyclic) bond motifs is 1. The van der Waals surface area contributed by atoms with Crippen molar-refractivity contribution < 1.29 is 0 Å². The first-order valence-corrected chi connectivity index (χ1v) is 9.16. The fourth-order valence-electron chi connectivity index (χ4n) is 3.73. The maximum absolute atomic E-state index is 5.98. The van der Waals surface area contributed by atoms with Gasteiger partial charge in [0.05, 0.1) is 0 Å². The Morgan fingerprint density at radius 2 is 1.46 bits per heavy atom. The molecule has 3 rings (SSSR count). The molecule has 0 aromatic heterocycles. The molecular weight excluding hydrogens is 312 g/mol. The van der Waals surface area contributed by atoms with Gasteiger partial charge in [0.15, 0.2) is 0 Å². The molecule has 2 aromatic rings. The van der Waals surface area contributed by atoms with Crippen LogP contribution in [0.2, 0.25) is 5.02 Å². The quantitative estimate of drug-likeness (QED) is 0.506. The van der Waals surface area contributed by atoms with Crippen molar-refractivity contribution in [1.82, 2.24) is 0 Å². The second kappa shape index (κ2) is 6.08. The van der Waals surface area contributed by atoms with Gasteiger partial charge >= 0.3 is 0 Å². The molecule has 1 heteroatoms. The van der Waals surface area contributed by atoms with E-state index in [-0.39, 0.29) is 10.8 Å². The van der Waals surface area contributed by atoms with Crippen molar-refractivity contribution in [3.63, 3.8) is 0 Å². The maximum atomic E-state index is 5.98. The van der Waals surface area contributed by atoms with E-state index in [1.54, 1.807) is 0 Å². The highest BCUT2D eigenvalue weighted by Crippen LogP contribution is 2.46.